The monoisotopic (exact) mass is 286 g/mol. The van der Waals surface area contributed by atoms with E-state index < -0.39 is 0 Å². The number of rotatable bonds is 6. The van der Waals surface area contributed by atoms with Gasteiger partial charge in [-0.1, -0.05) is 6.07 Å². The molecule has 2 N–H and O–H groups in total. The van der Waals surface area contributed by atoms with Crippen LogP contribution >= 0.6 is 0 Å². The third kappa shape index (κ3) is 3.72. The molecular formula is C16H18N2O3. The number of nitrogen functional groups attached to an aromatic ring is 1. The van der Waals surface area contributed by atoms with Crippen molar-refractivity contribution in [1.82, 2.24) is 4.98 Å². The second-order valence-electron chi connectivity index (χ2n) is 4.66. The molecular weight excluding hydrogens is 268 g/mol. The first-order valence-electron chi connectivity index (χ1n) is 6.55. The molecule has 5 heteroatoms. The lowest BCUT2D eigenvalue weighted by atomic mass is 10.0. The number of carbonyl (C=O) groups excluding carboxylic acids is 1. The molecule has 0 radical (unpaired) electrons. The Morgan fingerprint density at radius 3 is 2.57 bits per heavy atom. The van der Waals surface area contributed by atoms with E-state index in [4.69, 9.17) is 15.2 Å². The summed E-state index contributed by atoms with van der Waals surface area (Å²) in [6.07, 6.45) is 3.82. The first kappa shape index (κ1) is 14.8. The van der Waals surface area contributed by atoms with Gasteiger partial charge >= 0.3 is 0 Å². The van der Waals surface area contributed by atoms with Gasteiger partial charge in [-0.2, -0.15) is 0 Å². The fraction of sp³-hybridized carbons (Fsp3) is 0.250. The molecule has 0 aliphatic carbocycles. The molecule has 1 aromatic heterocycles. The molecule has 0 aliphatic rings. The summed E-state index contributed by atoms with van der Waals surface area (Å²) in [4.78, 5) is 16.1. The zero-order valence-corrected chi connectivity index (χ0v) is 12.1. The summed E-state index contributed by atoms with van der Waals surface area (Å²) in [6, 6.07) is 7.15. The molecule has 5 nitrogen and oxygen atoms in total. The van der Waals surface area contributed by atoms with Crippen LogP contribution in [0.15, 0.2) is 36.7 Å². The maximum Gasteiger partial charge on any atom is 0.161 e. The molecule has 0 saturated heterocycles. The van der Waals surface area contributed by atoms with Crippen molar-refractivity contribution in [3.63, 3.8) is 0 Å². The fourth-order valence-electron chi connectivity index (χ4n) is 2.08. The maximum absolute atomic E-state index is 12.1. The van der Waals surface area contributed by atoms with Gasteiger partial charge in [-0.25, -0.2) is 0 Å². The van der Waals surface area contributed by atoms with Gasteiger partial charge in [0.25, 0.3) is 0 Å². The summed E-state index contributed by atoms with van der Waals surface area (Å²) in [5.41, 5.74) is 8.03. The minimum atomic E-state index is 0.0712. The van der Waals surface area contributed by atoms with E-state index in [2.05, 4.69) is 4.98 Å². The van der Waals surface area contributed by atoms with Crippen molar-refractivity contribution in [3.05, 3.63) is 47.8 Å². The standard InChI is InChI=1S/C16H18N2O3/c1-20-15-4-3-11(8-16(15)21-2)7-13(19)9-12-10-18-6-5-14(12)17/h3-6,8,10H,7,9H2,1-2H3,(H2,17,18). The lowest BCUT2D eigenvalue weighted by Gasteiger charge is -2.09. The summed E-state index contributed by atoms with van der Waals surface area (Å²) >= 11 is 0. The summed E-state index contributed by atoms with van der Waals surface area (Å²) < 4.78 is 10.4. The first-order chi connectivity index (χ1) is 10.1. The normalized spacial score (nSPS) is 10.2. The minimum Gasteiger partial charge on any atom is -0.493 e. The number of carbonyl (C=O) groups is 1. The molecule has 1 aromatic carbocycles. The van der Waals surface area contributed by atoms with Crippen molar-refractivity contribution in [2.75, 3.05) is 20.0 Å². The number of nitrogens with two attached hydrogens (primary N) is 1. The van der Waals surface area contributed by atoms with E-state index in [0.29, 0.717) is 23.6 Å². The topological polar surface area (TPSA) is 74.4 Å². The van der Waals surface area contributed by atoms with Gasteiger partial charge in [0, 0.05) is 36.5 Å². The van der Waals surface area contributed by atoms with E-state index in [1.807, 2.05) is 12.1 Å². The summed E-state index contributed by atoms with van der Waals surface area (Å²) in [7, 11) is 3.15. The number of hydrogen-bond acceptors (Lipinski definition) is 5. The summed E-state index contributed by atoms with van der Waals surface area (Å²) in [5, 5.41) is 0. The number of ketones is 1. The van der Waals surface area contributed by atoms with E-state index in [9.17, 15) is 4.79 Å². The van der Waals surface area contributed by atoms with Gasteiger partial charge in [-0.05, 0) is 23.8 Å². The molecule has 0 fully saturated rings. The van der Waals surface area contributed by atoms with E-state index in [1.54, 1.807) is 38.7 Å². The number of hydrogen-bond donors (Lipinski definition) is 1. The van der Waals surface area contributed by atoms with Crippen LogP contribution in [0, 0.1) is 0 Å². The number of benzene rings is 1. The quantitative estimate of drug-likeness (QED) is 0.879. The third-order valence-electron chi connectivity index (χ3n) is 3.18. The van der Waals surface area contributed by atoms with E-state index in [-0.39, 0.29) is 12.2 Å². The molecule has 0 aliphatic heterocycles. The lowest BCUT2D eigenvalue weighted by molar-refractivity contribution is -0.117. The van der Waals surface area contributed by atoms with Crippen LogP contribution in [0.1, 0.15) is 11.1 Å². The molecule has 110 valence electrons. The highest BCUT2D eigenvalue weighted by Gasteiger charge is 2.10. The van der Waals surface area contributed by atoms with Gasteiger partial charge in [0.15, 0.2) is 11.5 Å². The Kier molecular flexibility index (Phi) is 4.77. The Labute approximate surface area is 123 Å². The third-order valence-corrected chi connectivity index (χ3v) is 3.18. The first-order valence-corrected chi connectivity index (χ1v) is 6.55. The Hall–Kier alpha value is -2.56. The lowest BCUT2D eigenvalue weighted by Crippen LogP contribution is -2.09. The molecule has 0 saturated carbocycles. The van der Waals surface area contributed by atoms with Crippen LogP contribution in [0.5, 0.6) is 11.5 Å². The summed E-state index contributed by atoms with van der Waals surface area (Å²) in [5.74, 6) is 1.33. The van der Waals surface area contributed by atoms with Crippen LogP contribution in [0.4, 0.5) is 5.69 Å². The molecule has 0 bridgehead atoms. The fourth-order valence-corrected chi connectivity index (χ4v) is 2.08. The van der Waals surface area contributed by atoms with Crippen molar-refractivity contribution < 1.29 is 14.3 Å². The zero-order chi connectivity index (χ0) is 15.2. The molecule has 0 amide bonds. The molecule has 2 aromatic rings. The van der Waals surface area contributed by atoms with Crippen LogP contribution in [0.2, 0.25) is 0 Å². The Balaban J connectivity index is 2.08. The predicted octanol–water partition coefficient (Wildman–Crippen LogP) is 2.04. The SMILES string of the molecule is COc1ccc(CC(=O)Cc2cnccc2N)cc1OC. The Bertz CT molecular complexity index is 641. The number of ether oxygens (including phenoxy) is 2. The van der Waals surface area contributed by atoms with Crippen molar-refractivity contribution in [3.8, 4) is 11.5 Å². The van der Waals surface area contributed by atoms with Crippen LogP contribution < -0.4 is 15.2 Å². The molecule has 2 rings (SSSR count). The molecule has 21 heavy (non-hydrogen) atoms. The highest BCUT2D eigenvalue weighted by Crippen LogP contribution is 2.27. The van der Waals surface area contributed by atoms with E-state index >= 15 is 0 Å². The van der Waals surface area contributed by atoms with Crippen LogP contribution in [-0.4, -0.2) is 25.0 Å². The van der Waals surface area contributed by atoms with Crippen molar-refractivity contribution in [1.29, 1.82) is 0 Å². The smallest absolute Gasteiger partial charge is 0.161 e. The maximum atomic E-state index is 12.1. The van der Waals surface area contributed by atoms with Crippen LogP contribution in [0.25, 0.3) is 0 Å². The van der Waals surface area contributed by atoms with Gasteiger partial charge in [0.1, 0.15) is 5.78 Å². The molecule has 0 atom stereocenters. The molecule has 0 unspecified atom stereocenters. The Morgan fingerprint density at radius 2 is 1.90 bits per heavy atom. The summed E-state index contributed by atoms with van der Waals surface area (Å²) in [6.45, 7) is 0. The van der Waals surface area contributed by atoms with Gasteiger partial charge in [-0.3, -0.25) is 9.78 Å². The zero-order valence-electron chi connectivity index (χ0n) is 12.1. The van der Waals surface area contributed by atoms with Gasteiger partial charge in [-0.15, -0.1) is 0 Å². The highest BCUT2D eigenvalue weighted by atomic mass is 16.5. The van der Waals surface area contributed by atoms with Crippen molar-refractivity contribution >= 4 is 11.5 Å². The number of pyridine rings is 1. The van der Waals surface area contributed by atoms with Gasteiger partial charge in [0.05, 0.1) is 14.2 Å². The minimum absolute atomic E-state index is 0.0712. The molecule has 1 heterocycles. The van der Waals surface area contributed by atoms with Crippen molar-refractivity contribution in [2.45, 2.75) is 12.8 Å². The average Bonchev–Trinajstić information content (AvgIpc) is 2.49. The number of nitrogens with zero attached hydrogens (tertiary/aromatic N) is 1. The van der Waals surface area contributed by atoms with Crippen LogP contribution in [0.3, 0.4) is 0 Å². The predicted molar refractivity (Wildman–Crippen MR) is 80.6 cm³/mol. The average molecular weight is 286 g/mol. The number of methoxy groups -OCH3 is 2. The van der Waals surface area contributed by atoms with Gasteiger partial charge < -0.3 is 15.2 Å². The Morgan fingerprint density at radius 1 is 1.14 bits per heavy atom. The van der Waals surface area contributed by atoms with Crippen molar-refractivity contribution in [2.24, 2.45) is 0 Å². The second-order valence-corrected chi connectivity index (χ2v) is 4.66. The number of Topliss-reactive ketones (excluding diaryl/α,β-unsaturated/α-hetero) is 1. The number of anilines is 1. The second kappa shape index (κ2) is 6.74. The molecule has 0 spiro atoms. The van der Waals surface area contributed by atoms with Crippen LogP contribution in [-0.2, 0) is 17.6 Å². The largest absolute Gasteiger partial charge is 0.493 e. The number of aromatic nitrogens is 1. The van der Waals surface area contributed by atoms with Gasteiger partial charge in [0.2, 0.25) is 0 Å². The van der Waals surface area contributed by atoms with E-state index in [1.165, 1.54) is 0 Å². The highest BCUT2D eigenvalue weighted by molar-refractivity contribution is 5.84. The van der Waals surface area contributed by atoms with E-state index in [0.717, 1.165) is 11.1 Å².